The highest BCUT2D eigenvalue weighted by Gasteiger charge is 2.35. The number of hydrogen-bond acceptors (Lipinski definition) is 4. The summed E-state index contributed by atoms with van der Waals surface area (Å²) >= 11 is 2.99. The van der Waals surface area contributed by atoms with E-state index in [1.807, 2.05) is 6.92 Å². The fourth-order valence-corrected chi connectivity index (χ4v) is 5.13. The standard InChI is InChI=1S/C12H16BrNO5S/c1-2-8-5-3-4-6-14(8)20(17,18)10-7-9(12(15)16)19-11(10)13/h7-8H,2-6H2,1H3,(H,15,16). The smallest absolute Gasteiger partial charge is 0.371 e. The molecule has 0 aromatic carbocycles. The maximum Gasteiger partial charge on any atom is 0.371 e. The van der Waals surface area contributed by atoms with E-state index in [1.165, 1.54) is 4.31 Å². The third-order valence-electron chi connectivity index (χ3n) is 3.50. The highest BCUT2D eigenvalue weighted by atomic mass is 79.9. The first-order valence-corrected chi connectivity index (χ1v) is 8.65. The van der Waals surface area contributed by atoms with Crippen LogP contribution in [0.2, 0.25) is 0 Å². The van der Waals surface area contributed by atoms with E-state index in [2.05, 4.69) is 15.9 Å². The predicted molar refractivity (Wildman–Crippen MR) is 75.2 cm³/mol. The summed E-state index contributed by atoms with van der Waals surface area (Å²) in [5.41, 5.74) is 0. The summed E-state index contributed by atoms with van der Waals surface area (Å²) in [6, 6.07) is 1.02. The molecule has 1 atom stereocenters. The lowest BCUT2D eigenvalue weighted by Crippen LogP contribution is -2.43. The minimum atomic E-state index is -3.74. The van der Waals surface area contributed by atoms with Crippen molar-refractivity contribution >= 4 is 31.9 Å². The molecule has 1 fully saturated rings. The first kappa shape index (κ1) is 15.5. The minimum Gasteiger partial charge on any atom is -0.475 e. The Morgan fingerprint density at radius 3 is 2.80 bits per heavy atom. The molecule has 8 heteroatoms. The lowest BCUT2D eigenvalue weighted by atomic mass is 10.0. The van der Waals surface area contributed by atoms with E-state index in [-0.39, 0.29) is 21.4 Å². The van der Waals surface area contributed by atoms with Crippen LogP contribution >= 0.6 is 15.9 Å². The second-order valence-corrected chi connectivity index (χ2v) is 7.31. The van der Waals surface area contributed by atoms with Gasteiger partial charge in [-0.1, -0.05) is 13.3 Å². The molecule has 1 aliphatic rings. The Balaban J connectivity index is 2.41. The molecule has 0 saturated carbocycles. The van der Waals surface area contributed by atoms with Gasteiger partial charge in [0.25, 0.3) is 0 Å². The topological polar surface area (TPSA) is 87.8 Å². The Kier molecular flexibility index (Phi) is 4.55. The Labute approximate surface area is 125 Å². The zero-order chi connectivity index (χ0) is 14.9. The number of aromatic carboxylic acids is 1. The molecule has 6 nitrogen and oxygen atoms in total. The minimum absolute atomic E-state index is 0.0381. The Morgan fingerprint density at radius 2 is 2.25 bits per heavy atom. The lowest BCUT2D eigenvalue weighted by molar-refractivity contribution is 0.0661. The van der Waals surface area contributed by atoms with Crippen LogP contribution in [-0.4, -0.2) is 36.4 Å². The van der Waals surface area contributed by atoms with Gasteiger partial charge in [0, 0.05) is 18.7 Å². The fraction of sp³-hybridized carbons (Fsp3) is 0.583. The van der Waals surface area contributed by atoms with Crippen molar-refractivity contribution in [3.05, 3.63) is 16.5 Å². The summed E-state index contributed by atoms with van der Waals surface area (Å²) in [6.07, 6.45) is 3.39. The van der Waals surface area contributed by atoms with Crippen molar-refractivity contribution in [3.63, 3.8) is 0 Å². The van der Waals surface area contributed by atoms with Crippen LogP contribution in [0.25, 0.3) is 0 Å². The Morgan fingerprint density at radius 1 is 1.55 bits per heavy atom. The van der Waals surface area contributed by atoms with Gasteiger partial charge in [-0.15, -0.1) is 0 Å². The molecule has 0 aliphatic carbocycles. The third-order valence-corrected chi connectivity index (χ3v) is 6.31. The van der Waals surface area contributed by atoms with Gasteiger partial charge < -0.3 is 9.52 Å². The fourth-order valence-electron chi connectivity index (χ4n) is 2.46. The van der Waals surface area contributed by atoms with Crippen LogP contribution < -0.4 is 0 Å². The number of sulfonamides is 1. The van der Waals surface area contributed by atoms with Gasteiger partial charge in [-0.3, -0.25) is 0 Å². The average molecular weight is 366 g/mol. The van der Waals surface area contributed by atoms with Crippen LogP contribution in [0.4, 0.5) is 0 Å². The number of hydrogen-bond donors (Lipinski definition) is 1. The summed E-state index contributed by atoms with van der Waals surface area (Å²) < 4.78 is 31.6. The van der Waals surface area contributed by atoms with Gasteiger partial charge in [0.15, 0.2) is 4.67 Å². The van der Waals surface area contributed by atoms with E-state index < -0.39 is 16.0 Å². The van der Waals surface area contributed by atoms with Gasteiger partial charge in [-0.25, -0.2) is 13.2 Å². The molecule has 1 aromatic heterocycles. The normalized spacial score (nSPS) is 21.0. The van der Waals surface area contributed by atoms with Crippen molar-refractivity contribution in [2.45, 2.75) is 43.5 Å². The van der Waals surface area contributed by atoms with Gasteiger partial charge in [0.1, 0.15) is 4.90 Å². The van der Waals surface area contributed by atoms with Gasteiger partial charge in [0.05, 0.1) is 0 Å². The second kappa shape index (κ2) is 5.87. The number of rotatable bonds is 4. The monoisotopic (exact) mass is 365 g/mol. The summed E-state index contributed by atoms with van der Waals surface area (Å²) in [5, 5.41) is 8.87. The molecule has 0 radical (unpaired) electrons. The van der Waals surface area contributed by atoms with Crippen LogP contribution in [0, 0.1) is 0 Å². The van der Waals surface area contributed by atoms with E-state index in [0.717, 1.165) is 31.7 Å². The molecule has 112 valence electrons. The van der Waals surface area contributed by atoms with E-state index in [4.69, 9.17) is 9.52 Å². The van der Waals surface area contributed by atoms with Crippen molar-refractivity contribution in [1.29, 1.82) is 0 Å². The summed E-state index contributed by atoms with van der Waals surface area (Å²) in [5.74, 6) is -1.68. The highest BCUT2D eigenvalue weighted by Crippen LogP contribution is 2.32. The number of carbonyl (C=O) groups is 1. The van der Waals surface area contributed by atoms with E-state index in [1.54, 1.807) is 0 Å². The van der Waals surface area contributed by atoms with Crippen molar-refractivity contribution in [1.82, 2.24) is 4.31 Å². The number of piperidine rings is 1. The maximum absolute atomic E-state index is 12.7. The first-order chi connectivity index (χ1) is 9.37. The summed E-state index contributed by atoms with van der Waals surface area (Å²) in [4.78, 5) is 10.8. The van der Waals surface area contributed by atoms with Crippen molar-refractivity contribution in [3.8, 4) is 0 Å². The Hall–Kier alpha value is -0.860. The molecule has 0 spiro atoms. The molecular formula is C12H16BrNO5S. The number of carboxylic acid groups (broad SMARTS) is 1. The SMILES string of the molecule is CCC1CCCCN1S(=O)(=O)c1cc(C(=O)O)oc1Br. The Bertz CT molecular complexity index is 609. The van der Waals surface area contributed by atoms with Crippen LogP contribution in [0.5, 0.6) is 0 Å². The molecular weight excluding hydrogens is 350 g/mol. The zero-order valence-corrected chi connectivity index (χ0v) is 13.4. The maximum atomic E-state index is 12.7. The van der Waals surface area contributed by atoms with E-state index in [9.17, 15) is 13.2 Å². The van der Waals surface area contributed by atoms with Crippen LogP contribution in [0.15, 0.2) is 20.0 Å². The van der Waals surface area contributed by atoms with E-state index in [0.29, 0.717) is 6.54 Å². The predicted octanol–water partition coefficient (Wildman–Crippen LogP) is 2.69. The summed E-state index contributed by atoms with van der Waals surface area (Å²) in [6.45, 7) is 2.41. The molecule has 1 N–H and O–H groups in total. The molecule has 0 amide bonds. The highest BCUT2D eigenvalue weighted by molar-refractivity contribution is 9.10. The van der Waals surface area contributed by atoms with Crippen LogP contribution in [0.3, 0.4) is 0 Å². The number of carboxylic acids is 1. The van der Waals surface area contributed by atoms with Crippen LogP contribution in [0.1, 0.15) is 43.2 Å². The first-order valence-electron chi connectivity index (χ1n) is 6.42. The summed E-state index contributed by atoms with van der Waals surface area (Å²) in [7, 11) is -3.74. The largest absolute Gasteiger partial charge is 0.475 e. The van der Waals surface area contributed by atoms with Gasteiger partial charge in [0.2, 0.25) is 15.8 Å². The second-order valence-electron chi connectivity index (χ2n) is 4.73. The molecule has 1 aromatic rings. The molecule has 20 heavy (non-hydrogen) atoms. The van der Waals surface area contributed by atoms with Crippen molar-refractivity contribution < 1.29 is 22.7 Å². The molecule has 1 aliphatic heterocycles. The number of furan rings is 1. The van der Waals surface area contributed by atoms with Gasteiger partial charge in [-0.2, -0.15) is 4.31 Å². The number of nitrogens with zero attached hydrogens (tertiary/aromatic N) is 1. The van der Waals surface area contributed by atoms with E-state index >= 15 is 0 Å². The van der Waals surface area contributed by atoms with Crippen molar-refractivity contribution in [2.75, 3.05) is 6.54 Å². The lowest BCUT2D eigenvalue weighted by Gasteiger charge is -2.33. The third kappa shape index (κ3) is 2.77. The van der Waals surface area contributed by atoms with Crippen LogP contribution in [-0.2, 0) is 10.0 Å². The average Bonchev–Trinajstić information content (AvgIpc) is 2.81. The van der Waals surface area contributed by atoms with Crippen molar-refractivity contribution in [2.24, 2.45) is 0 Å². The molecule has 0 bridgehead atoms. The van der Waals surface area contributed by atoms with Gasteiger partial charge in [-0.05, 0) is 35.2 Å². The number of halogens is 1. The quantitative estimate of drug-likeness (QED) is 0.885. The molecule has 2 heterocycles. The molecule has 2 rings (SSSR count). The molecule has 1 saturated heterocycles. The zero-order valence-electron chi connectivity index (χ0n) is 11.0. The molecule has 1 unspecified atom stereocenters. The van der Waals surface area contributed by atoms with Gasteiger partial charge >= 0.3 is 5.97 Å².